The fourth-order valence-corrected chi connectivity index (χ4v) is 3.80. The third-order valence-electron chi connectivity index (χ3n) is 5.17. The highest BCUT2D eigenvalue weighted by Gasteiger charge is 2.25. The zero-order valence-corrected chi connectivity index (χ0v) is 15.7. The molecule has 1 aliphatic rings. The van der Waals surface area contributed by atoms with E-state index >= 15 is 0 Å². The molecule has 0 saturated heterocycles. The molecule has 3 aromatic rings. The van der Waals surface area contributed by atoms with Gasteiger partial charge >= 0.3 is 0 Å². The molecule has 1 aromatic heterocycles. The van der Waals surface area contributed by atoms with Gasteiger partial charge in [-0.3, -0.25) is 14.9 Å². The Kier molecular flexibility index (Phi) is 4.43. The van der Waals surface area contributed by atoms with Gasteiger partial charge in [0.1, 0.15) is 0 Å². The van der Waals surface area contributed by atoms with Crippen molar-refractivity contribution < 1.29 is 9.72 Å². The van der Waals surface area contributed by atoms with Crippen LogP contribution in [0.15, 0.2) is 53.8 Å². The van der Waals surface area contributed by atoms with E-state index < -0.39 is 0 Å². The van der Waals surface area contributed by atoms with Gasteiger partial charge in [-0.15, -0.1) is 0 Å². The van der Waals surface area contributed by atoms with Crippen molar-refractivity contribution in [3.05, 3.63) is 64.3 Å². The third kappa shape index (κ3) is 2.94. The summed E-state index contributed by atoms with van der Waals surface area (Å²) < 4.78 is 2.09. The van der Waals surface area contributed by atoms with E-state index in [-0.39, 0.29) is 22.4 Å². The first-order valence-corrected chi connectivity index (χ1v) is 9.23. The summed E-state index contributed by atoms with van der Waals surface area (Å²) in [5.41, 5.74) is 6.27. The number of carbonyl (C=O) groups is 1. The van der Waals surface area contributed by atoms with Gasteiger partial charge in [-0.05, 0) is 19.1 Å². The molecule has 1 N–H and O–H groups in total. The van der Waals surface area contributed by atoms with Crippen molar-refractivity contribution in [3.8, 4) is 11.1 Å². The Morgan fingerprint density at radius 1 is 1.25 bits per heavy atom. The molecule has 2 aromatic carbocycles. The van der Waals surface area contributed by atoms with Gasteiger partial charge < -0.3 is 4.57 Å². The van der Waals surface area contributed by atoms with E-state index in [4.69, 9.17) is 0 Å². The van der Waals surface area contributed by atoms with Crippen molar-refractivity contribution >= 4 is 28.2 Å². The van der Waals surface area contributed by atoms with Gasteiger partial charge in [0, 0.05) is 53.2 Å². The number of carbonyl (C=O) groups excluding carboxylic acids is 1. The molecule has 142 valence electrons. The first kappa shape index (κ1) is 17.9. The minimum Gasteiger partial charge on any atom is -0.347 e. The van der Waals surface area contributed by atoms with E-state index in [0.717, 1.165) is 23.0 Å². The van der Waals surface area contributed by atoms with Crippen LogP contribution >= 0.6 is 0 Å². The number of benzene rings is 2. The number of rotatable bonds is 4. The molecule has 4 rings (SSSR count). The van der Waals surface area contributed by atoms with Crippen molar-refractivity contribution in [3.63, 3.8) is 0 Å². The molecule has 0 bridgehead atoms. The molecule has 2 heterocycles. The monoisotopic (exact) mass is 376 g/mol. The minimum absolute atomic E-state index is 0.0308. The van der Waals surface area contributed by atoms with Crippen molar-refractivity contribution in [1.29, 1.82) is 0 Å². The zero-order valence-electron chi connectivity index (χ0n) is 15.7. The standard InChI is InChI=1S/C21H20N4O3/c1-3-24-12-17(15-6-4-5-7-18(15)24)16-9-8-14(11-19(16)25(27)28)21-13(2)10-20(26)22-23-21/h4-9,11-13H,3,10H2,1-2H3,(H,22,26). The van der Waals surface area contributed by atoms with Crippen molar-refractivity contribution in [2.24, 2.45) is 11.0 Å². The van der Waals surface area contributed by atoms with Crippen LogP contribution in [-0.4, -0.2) is 21.1 Å². The Balaban J connectivity index is 1.88. The second kappa shape index (κ2) is 6.92. The predicted molar refractivity (Wildman–Crippen MR) is 108 cm³/mol. The van der Waals surface area contributed by atoms with Crippen molar-refractivity contribution in [2.45, 2.75) is 26.8 Å². The Hall–Kier alpha value is -3.48. The molecule has 0 fully saturated rings. The molecule has 0 aliphatic carbocycles. The van der Waals surface area contributed by atoms with Crippen LogP contribution in [0, 0.1) is 16.0 Å². The summed E-state index contributed by atoms with van der Waals surface area (Å²) in [6.45, 7) is 4.72. The van der Waals surface area contributed by atoms with Crippen LogP contribution in [0.25, 0.3) is 22.0 Å². The summed E-state index contributed by atoms with van der Waals surface area (Å²) in [6.07, 6.45) is 2.28. The molecule has 1 atom stereocenters. The molecule has 1 unspecified atom stereocenters. The lowest BCUT2D eigenvalue weighted by molar-refractivity contribution is -0.384. The van der Waals surface area contributed by atoms with Crippen LogP contribution < -0.4 is 5.43 Å². The second-order valence-corrected chi connectivity index (χ2v) is 6.97. The molecule has 0 saturated carbocycles. The molecule has 28 heavy (non-hydrogen) atoms. The number of para-hydroxylation sites is 1. The highest BCUT2D eigenvalue weighted by Crippen LogP contribution is 2.37. The summed E-state index contributed by atoms with van der Waals surface area (Å²) in [4.78, 5) is 23.0. The van der Waals surface area contributed by atoms with Crippen LogP contribution in [0.2, 0.25) is 0 Å². The normalized spacial score (nSPS) is 16.7. The van der Waals surface area contributed by atoms with E-state index in [9.17, 15) is 14.9 Å². The number of aromatic nitrogens is 1. The Morgan fingerprint density at radius 2 is 2.04 bits per heavy atom. The lowest BCUT2D eigenvalue weighted by atomic mass is 9.92. The quantitative estimate of drug-likeness (QED) is 0.549. The molecule has 7 nitrogen and oxygen atoms in total. The Bertz CT molecular complexity index is 1130. The van der Waals surface area contributed by atoms with E-state index in [1.54, 1.807) is 12.1 Å². The number of nitrogens with zero attached hydrogens (tertiary/aromatic N) is 3. The van der Waals surface area contributed by atoms with Crippen molar-refractivity contribution in [2.75, 3.05) is 0 Å². The fraction of sp³-hybridized carbons (Fsp3) is 0.238. The van der Waals surface area contributed by atoms with Gasteiger partial charge in [0.2, 0.25) is 5.91 Å². The number of hydrogen-bond donors (Lipinski definition) is 1. The van der Waals surface area contributed by atoms with E-state index in [1.807, 2.05) is 50.4 Å². The number of nitro benzene ring substituents is 1. The maximum absolute atomic E-state index is 11.9. The predicted octanol–water partition coefficient (Wildman–Crippen LogP) is 4.10. The van der Waals surface area contributed by atoms with Crippen LogP contribution in [0.5, 0.6) is 0 Å². The molecule has 0 spiro atoms. The van der Waals surface area contributed by atoms with Crippen LogP contribution in [0.1, 0.15) is 25.8 Å². The van der Waals surface area contributed by atoms with Gasteiger partial charge in [0.25, 0.3) is 5.69 Å². The number of fused-ring (bicyclic) bond motifs is 1. The largest absolute Gasteiger partial charge is 0.347 e. The summed E-state index contributed by atoms with van der Waals surface area (Å²) in [7, 11) is 0. The van der Waals surface area contributed by atoms with Gasteiger partial charge in [-0.2, -0.15) is 5.10 Å². The Morgan fingerprint density at radius 3 is 2.75 bits per heavy atom. The second-order valence-electron chi connectivity index (χ2n) is 6.97. The van der Waals surface area contributed by atoms with Gasteiger partial charge in [-0.1, -0.05) is 31.2 Å². The Labute approximate surface area is 161 Å². The molecule has 0 radical (unpaired) electrons. The van der Waals surface area contributed by atoms with Crippen LogP contribution in [0.3, 0.4) is 0 Å². The third-order valence-corrected chi connectivity index (χ3v) is 5.17. The van der Waals surface area contributed by atoms with Crippen LogP contribution in [0.4, 0.5) is 5.69 Å². The number of hydrogen-bond acceptors (Lipinski definition) is 4. The molecule has 1 amide bonds. The first-order valence-electron chi connectivity index (χ1n) is 9.23. The zero-order chi connectivity index (χ0) is 19.8. The summed E-state index contributed by atoms with van der Waals surface area (Å²) >= 11 is 0. The highest BCUT2D eigenvalue weighted by molar-refractivity contribution is 6.07. The van der Waals surface area contributed by atoms with Gasteiger partial charge in [-0.25, -0.2) is 5.43 Å². The van der Waals surface area contributed by atoms with Gasteiger partial charge in [0.15, 0.2) is 0 Å². The molecule has 1 aliphatic heterocycles. The maximum atomic E-state index is 11.9. The molecular formula is C21H20N4O3. The topological polar surface area (TPSA) is 89.5 Å². The summed E-state index contributed by atoms with van der Waals surface area (Å²) in [6, 6.07) is 13.1. The summed E-state index contributed by atoms with van der Waals surface area (Å²) in [5.74, 6) is -0.240. The van der Waals surface area contributed by atoms with Crippen molar-refractivity contribution in [1.82, 2.24) is 9.99 Å². The lowest BCUT2D eigenvalue weighted by Crippen LogP contribution is -2.31. The average molecular weight is 376 g/mol. The smallest absolute Gasteiger partial charge is 0.277 e. The number of nitrogens with one attached hydrogen (secondary N) is 1. The number of aryl methyl sites for hydroxylation is 1. The molecular weight excluding hydrogens is 356 g/mol. The number of nitro groups is 1. The van der Waals surface area contributed by atoms with E-state index in [2.05, 4.69) is 15.1 Å². The average Bonchev–Trinajstić information content (AvgIpc) is 3.06. The van der Waals surface area contributed by atoms with E-state index in [1.165, 1.54) is 0 Å². The molecule has 7 heteroatoms. The number of hydrazone groups is 1. The number of amides is 1. The lowest BCUT2D eigenvalue weighted by Gasteiger charge is -2.19. The van der Waals surface area contributed by atoms with E-state index in [0.29, 0.717) is 23.3 Å². The SMILES string of the molecule is CCn1cc(-c2ccc(C3=NNC(=O)CC3C)cc2[N+](=O)[O-])c2ccccc21. The maximum Gasteiger partial charge on any atom is 0.277 e. The van der Waals surface area contributed by atoms with Gasteiger partial charge in [0.05, 0.1) is 16.2 Å². The fourth-order valence-electron chi connectivity index (χ4n) is 3.80. The minimum atomic E-state index is -0.358. The first-order chi connectivity index (χ1) is 13.5. The highest BCUT2D eigenvalue weighted by atomic mass is 16.6. The van der Waals surface area contributed by atoms with Crippen LogP contribution in [-0.2, 0) is 11.3 Å². The summed E-state index contributed by atoms with van der Waals surface area (Å²) in [5, 5.41) is 17.0.